The van der Waals surface area contributed by atoms with Crippen LogP contribution in [0.2, 0.25) is 6.55 Å². The van der Waals surface area contributed by atoms with Gasteiger partial charge in [0.2, 0.25) is 0 Å². The fourth-order valence-electron chi connectivity index (χ4n) is 1.89. The molecule has 1 radical (unpaired) electrons. The maximum absolute atomic E-state index is 9.85. The van der Waals surface area contributed by atoms with Crippen LogP contribution in [0.1, 0.15) is 12.5 Å². The van der Waals surface area contributed by atoms with E-state index in [1.807, 2.05) is 31.2 Å². The van der Waals surface area contributed by atoms with Crippen LogP contribution in [0, 0.1) is 11.8 Å². The van der Waals surface area contributed by atoms with Gasteiger partial charge in [-0.05, 0) is 37.7 Å². The molecule has 1 aromatic carbocycles. The van der Waals surface area contributed by atoms with Gasteiger partial charge in [-0.1, -0.05) is 27.8 Å². The molecule has 1 atom stereocenters. The van der Waals surface area contributed by atoms with Gasteiger partial charge in [-0.25, -0.2) is 4.98 Å². The molecule has 0 spiro atoms. The van der Waals surface area contributed by atoms with E-state index in [0.717, 1.165) is 10.0 Å². The average molecular weight is 364 g/mol. The van der Waals surface area contributed by atoms with Gasteiger partial charge in [-0.3, -0.25) is 0 Å². The van der Waals surface area contributed by atoms with Crippen molar-refractivity contribution in [3.63, 3.8) is 0 Å². The monoisotopic (exact) mass is 363 g/mol. The van der Waals surface area contributed by atoms with E-state index in [9.17, 15) is 9.90 Å². The zero-order valence-corrected chi connectivity index (χ0v) is 14.4. The van der Waals surface area contributed by atoms with Crippen LogP contribution in [0.4, 0.5) is 0 Å². The van der Waals surface area contributed by atoms with Crippen LogP contribution < -0.4 is 5.45 Å². The predicted octanol–water partition coefficient (Wildman–Crippen LogP) is 1.23. The van der Waals surface area contributed by atoms with Crippen molar-refractivity contribution in [2.45, 2.75) is 19.0 Å². The Balaban J connectivity index is 2.38. The highest BCUT2D eigenvalue weighted by molar-refractivity contribution is 9.10. The van der Waals surface area contributed by atoms with Crippen molar-refractivity contribution in [3.8, 4) is 11.8 Å². The molecule has 0 bridgehead atoms. The van der Waals surface area contributed by atoms with E-state index in [-0.39, 0.29) is 6.61 Å². The first-order chi connectivity index (χ1) is 9.96. The van der Waals surface area contributed by atoms with Crippen molar-refractivity contribution in [2.24, 2.45) is 0 Å². The summed E-state index contributed by atoms with van der Waals surface area (Å²) in [5.74, 6) is 6.16. The summed E-state index contributed by atoms with van der Waals surface area (Å²) >= 11 is 3.38. The number of halogens is 1. The number of nitrogens with zero attached hydrogens (tertiary/aromatic N) is 2. The molecule has 0 saturated heterocycles. The Morgan fingerprint density at radius 2 is 2.05 bits per heavy atom. The second kappa shape index (κ2) is 6.58. The van der Waals surface area contributed by atoms with E-state index in [4.69, 9.17) is 0 Å². The third kappa shape index (κ3) is 3.63. The quantitative estimate of drug-likeness (QED) is 0.636. The molecule has 0 unspecified atom stereocenters. The van der Waals surface area contributed by atoms with Gasteiger partial charge in [0.15, 0.2) is 0 Å². The summed E-state index contributed by atoms with van der Waals surface area (Å²) in [7, 11) is -1.71. The molecule has 0 saturated carbocycles. The summed E-state index contributed by atoms with van der Waals surface area (Å²) in [6.07, 6.45) is 3.36. The van der Waals surface area contributed by atoms with Gasteiger partial charge in [-0.2, -0.15) is 0 Å². The Kier molecular flexibility index (Phi) is 5.01. The molecule has 0 fully saturated rings. The highest BCUT2D eigenvalue weighted by Gasteiger charge is 2.27. The molecule has 1 heterocycles. The van der Waals surface area contributed by atoms with Crippen molar-refractivity contribution in [3.05, 3.63) is 46.7 Å². The second-order valence-electron chi connectivity index (χ2n) is 4.90. The van der Waals surface area contributed by atoms with Crippen LogP contribution in [0.3, 0.4) is 0 Å². The maximum atomic E-state index is 9.85. The number of aliphatic hydroxyl groups excluding tert-OH is 1. The Morgan fingerprint density at radius 1 is 1.38 bits per heavy atom. The van der Waals surface area contributed by atoms with E-state index >= 15 is 0 Å². The van der Waals surface area contributed by atoms with Crippen molar-refractivity contribution in [2.75, 3.05) is 6.61 Å². The first kappa shape index (κ1) is 16.0. The lowest BCUT2D eigenvalue weighted by molar-refractivity contribution is 0.196. The number of hydrogen-bond acceptors (Lipinski definition) is 3. The first-order valence-electron chi connectivity index (χ1n) is 6.42. The molecule has 0 aliphatic carbocycles. The summed E-state index contributed by atoms with van der Waals surface area (Å²) < 4.78 is 2.75. The second-order valence-corrected chi connectivity index (χ2v) is 7.43. The molecular weight excluding hydrogens is 348 g/mol. The molecule has 109 valence electrons. The summed E-state index contributed by atoms with van der Waals surface area (Å²) in [5, 5.41) is 9.76. The standard InChI is InChI=1S/C15H16BrN2O2Si/c1-15(11-19,18-10-9-17-14(18)21(2)20)8-7-12-3-5-13(16)6-4-12/h3-6,9-10,19-20H,11H2,1-2H3/t15-/m1/s1. The van der Waals surface area contributed by atoms with Crippen molar-refractivity contribution < 1.29 is 9.90 Å². The molecule has 1 aromatic heterocycles. The Bertz CT molecular complexity index is 673. The van der Waals surface area contributed by atoms with Gasteiger partial charge in [-0.15, -0.1) is 0 Å². The highest BCUT2D eigenvalue weighted by atomic mass is 79.9. The third-order valence-corrected chi connectivity index (χ3v) is 4.67. The van der Waals surface area contributed by atoms with E-state index < -0.39 is 14.6 Å². The minimum atomic E-state index is -1.71. The van der Waals surface area contributed by atoms with Crippen molar-refractivity contribution in [1.82, 2.24) is 9.55 Å². The van der Waals surface area contributed by atoms with Gasteiger partial charge in [0.05, 0.1) is 6.61 Å². The van der Waals surface area contributed by atoms with Crippen LogP contribution in [-0.4, -0.2) is 35.1 Å². The summed E-state index contributed by atoms with van der Waals surface area (Å²) in [4.78, 5) is 14.0. The zero-order chi connectivity index (χ0) is 15.5. The molecule has 2 aromatic rings. The number of aliphatic hydroxyl groups is 1. The normalized spacial score (nSPS) is 13.6. The van der Waals surface area contributed by atoms with Gasteiger partial charge in [0.1, 0.15) is 11.0 Å². The van der Waals surface area contributed by atoms with Crippen LogP contribution in [0.5, 0.6) is 0 Å². The van der Waals surface area contributed by atoms with Crippen molar-refractivity contribution in [1.29, 1.82) is 0 Å². The fraction of sp³-hybridized carbons (Fsp3) is 0.267. The lowest BCUT2D eigenvalue weighted by atomic mass is 10.0. The smallest absolute Gasteiger partial charge is 0.283 e. The molecule has 0 aliphatic rings. The van der Waals surface area contributed by atoms with E-state index in [1.54, 1.807) is 23.5 Å². The summed E-state index contributed by atoms with van der Waals surface area (Å²) in [6, 6.07) is 7.66. The number of imidazole rings is 1. The average Bonchev–Trinajstić information content (AvgIpc) is 2.97. The Labute approximate surface area is 134 Å². The minimum Gasteiger partial charge on any atom is -0.425 e. The molecule has 6 heteroatoms. The van der Waals surface area contributed by atoms with Gasteiger partial charge in [0, 0.05) is 22.4 Å². The van der Waals surface area contributed by atoms with Crippen molar-refractivity contribution >= 4 is 30.4 Å². The first-order valence-corrected chi connectivity index (χ1v) is 9.16. The van der Waals surface area contributed by atoms with Gasteiger partial charge < -0.3 is 14.5 Å². The number of rotatable bonds is 3. The topological polar surface area (TPSA) is 58.3 Å². The van der Waals surface area contributed by atoms with Crippen LogP contribution in [0.15, 0.2) is 41.1 Å². The summed E-state index contributed by atoms with van der Waals surface area (Å²) in [5.41, 5.74) is 0.639. The largest absolute Gasteiger partial charge is 0.425 e. The number of hydrogen-bond donors (Lipinski definition) is 2. The predicted molar refractivity (Wildman–Crippen MR) is 87.5 cm³/mol. The van der Waals surface area contributed by atoms with E-state index in [0.29, 0.717) is 5.45 Å². The van der Waals surface area contributed by atoms with Gasteiger partial charge >= 0.3 is 0 Å². The Morgan fingerprint density at radius 3 is 2.62 bits per heavy atom. The van der Waals surface area contributed by atoms with Crippen LogP contribution in [0.25, 0.3) is 0 Å². The maximum Gasteiger partial charge on any atom is 0.283 e. The molecule has 0 aliphatic heterocycles. The van der Waals surface area contributed by atoms with Crippen LogP contribution >= 0.6 is 15.9 Å². The number of benzene rings is 1. The third-order valence-electron chi connectivity index (χ3n) is 3.12. The van der Waals surface area contributed by atoms with Gasteiger partial charge in [0.25, 0.3) is 9.04 Å². The molecule has 21 heavy (non-hydrogen) atoms. The lowest BCUT2D eigenvalue weighted by Gasteiger charge is -2.25. The molecule has 4 nitrogen and oxygen atoms in total. The number of aromatic nitrogens is 2. The Hall–Kier alpha value is -1.39. The lowest BCUT2D eigenvalue weighted by Crippen LogP contribution is -2.45. The fourth-order valence-corrected chi connectivity index (χ4v) is 3.08. The van der Waals surface area contributed by atoms with E-state index in [2.05, 4.69) is 32.8 Å². The summed E-state index contributed by atoms with van der Waals surface area (Å²) in [6.45, 7) is 3.41. The van der Waals surface area contributed by atoms with E-state index in [1.165, 1.54) is 0 Å². The zero-order valence-electron chi connectivity index (χ0n) is 11.8. The molecule has 0 amide bonds. The molecule has 2 N–H and O–H groups in total. The van der Waals surface area contributed by atoms with Crippen LogP contribution in [-0.2, 0) is 5.54 Å². The highest BCUT2D eigenvalue weighted by Crippen LogP contribution is 2.14. The minimum absolute atomic E-state index is 0.158. The molecular formula is C15H16BrN2O2Si. The molecule has 2 rings (SSSR count). The SMILES string of the molecule is C[Si](O)c1nccn1[C@](C)(C#Cc1ccc(Br)cc1)CO.